The minimum Gasteiger partial charge on any atom is -0.492 e. The number of nitrogens with zero attached hydrogens (tertiary/aromatic N) is 2. The minimum absolute atomic E-state index is 0.208. The molecule has 2 aromatic rings. The first-order valence-electron chi connectivity index (χ1n) is 10.8. The van der Waals surface area contributed by atoms with Gasteiger partial charge in [-0.15, -0.1) is 0 Å². The zero-order chi connectivity index (χ0) is 20.8. The van der Waals surface area contributed by atoms with Crippen molar-refractivity contribution in [3.05, 3.63) is 59.7 Å². The number of amides is 1. The second-order valence-corrected chi connectivity index (χ2v) is 8.16. The number of rotatable bonds is 7. The quantitative estimate of drug-likeness (QED) is 0.674. The van der Waals surface area contributed by atoms with E-state index in [1.54, 1.807) is 0 Å². The molecule has 0 aliphatic carbocycles. The third-order valence-electron chi connectivity index (χ3n) is 5.94. The van der Waals surface area contributed by atoms with Crippen molar-refractivity contribution in [2.45, 2.75) is 46.6 Å². The lowest BCUT2D eigenvalue weighted by molar-refractivity contribution is -0.119. The molecule has 3 rings (SSSR count). The van der Waals surface area contributed by atoms with Crippen LogP contribution in [0.5, 0.6) is 5.75 Å². The van der Waals surface area contributed by atoms with Crippen LogP contribution in [0.1, 0.15) is 37.8 Å². The molecule has 0 saturated carbocycles. The molecule has 1 heterocycles. The van der Waals surface area contributed by atoms with Crippen LogP contribution in [0, 0.1) is 19.8 Å². The van der Waals surface area contributed by atoms with Gasteiger partial charge in [-0.3, -0.25) is 9.69 Å². The first kappa shape index (κ1) is 21.4. The van der Waals surface area contributed by atoms with Crippen molar-refractivity contribution in [2.75, 3.05) is 31.1 Å². The second-order valence-electron chi connectivity index (χ2n) is 8.16. The first-order chi connectivity index (χ1) is 14.0. The lowest BCUT2D eigenvalue weighted by atomic mass is 9.91. The largest absolute Gasteiger partial charge is 0.492 e. The summed E-state index contributed by atoms with van der Waals surface area (Å²) >= 11 is 0. The van der Waals surface area contributed by atoms with Gasteiger partial charge in [-0.05, 0) is 49.4 Å². The van der Waals surface area contributed by atoms with E-state index in [1.807, 2.05) is 42.2 Å². The third-order valence-corrected chi connectivity index (χ3v) is 5.94. The molecular formula is C25H34N2O2. The Balaban J connectivity index is 1.59. The number of anilines is 1. The zero-order valence-electron chi connectivity index (χ0n) is 18.2. The van der Waals surface area contributed by atoms with Crippen molar-refractivity contribution < 1.29 is 9.53 Å². The number of ether oxygens (including phenoxy) is 1. The molecule has 4 heteroatoms. The number of likely N-dealkylation sites (tertiary alicyclic amines) is 1. The highest BCUT2D eigenvalue weighted by Gasteiger charge is 2.33. The zero-order valence-corrected chi connectivity index (χ0v) is 18.2. The monoisotopic (exact) mass is 394 g/mol. The predicted molar refractivity (Wildman–Crippen MR) is 120 cm³/mol. The number of piperidine rings is 1. The van der Waals surface area contributed by atoms with Gasteiger partial charge in [0.05, 0.1) is 0 Å². The number of hydrogen-bond acceptors (Lipinski definition) is 3. The molecule has 1 aliphatic heterocycles. The molecule has 156 valence electrons. The Bertz CT molecular complexity index is 785. The summed E-state index contributed by atoms with van der Waals surface area (Å²) in [7, 11) is 0. The van der Waals surface area contributed by atoms with Crippen LogP contribution in [-0.2, 0) is 4.79 Å². The number of hydrogen-bond donors (Lipinski definition) is 0. The van der Waals surface area contributed by atoms with Gasteiger partial charge in [-0.25, -0.2) is 0 Å². The van der Waals surface area contributed by atoms with Gasteiger partial charge in [0.15, 0.2) is 0 Å². The number of para-hydroxylation sites is 2. The Morgan fingerprint density at radius 2 is 1.79 bits per heavy atom. The molecule has 29 heavy (non-hydrogen) atoms. The second kappa shape index (κ2) is 9.93. The van der Waals surface area contributed by atoms with Crippen LogP contribution >= 0.6 is 0 Å². The van der Waals surface area contributed by atoms with Crippen LogP contribution in [0.4, 0.5) is 5.69 Å². The van der Waals surface area contributed by atoms with Gasteiger partial charge in [-0.1, -0.05) is 50.2 Å². The van der Waals surface area contributed by atoms with Crippen molar-refractivity contribution in [1.29, 1.82) is 0 Å². The summed E-state index contributed by atoms with van der Waals surface area (Å²) in [4.78, 5) is 17.2. The molecule has 1 amide bonds. The third kappa shape index (κ3) is 5.18. The van der Waals surface area contributed by atoms with E-state index in [1.165, 1.54) is 11.1 Å². The Labute approximate surface area is 175 Å². The number of aryl methyl sites for hydroxylation is 2. The van der Waals surface area contributed by atoms with Crippen LogP contribution in [0.3, 0.4) is 0 Å². The highest BCUT2D eigenvalue weighted by Crippen LogP contribution is 2.28. The standard InChI is InChI=1S/C25H34N2O2/c1-5-24(28)27(22-12-7-6-8-13-22)23-14-15-26(18-21(23)4)16-17-29-25-19(2)10-9-11-20(25)3/h6-13,21,23H,5,14-18H2,1-4H3. The summed E-state index contributed by atoms with van der Waals surface area (Å²) in [5, 5.41) is 0. The van der Waals surface area contributed by atoms with Crippen molar-refractivity contribution in [1.82, 2.24) is 4.90 Å². The maximum atomic E-state index is 12.7. The summed E-state index contributed by atoms with van der Waals surface area (Å²) in [6, 6.07) is 16.6. The van der Waals surface area contributed by atoms with E-state index < -0.39 is 0 Å². The lowest BCUT2D eigenvalue weighted by Gasteiger charge is -2.42. The fraction of sp³-hybridized carbons (Fsp3) is 0.480. The SMILES string of the molecule is CCC(=O)N(c1ccccc1)C1CCN(CCOc2c(C)cccc2C)CC1C. The average molecular weight is 395 g/mol. The molecule has 0 bridgehead atoms. The van der Waals surface area contributed by atoms with Crippen molar-refractivity contribution in [3.8, 4) is 5.75 Å². The van der Waals surface area contributed by atoms with E-state index in [9.17, 15) is 4.79 Å². The molecule has 2 aromatic carbocycles. The predicted octanol–water partition coefficient (Wildman–Crippen LogP) is 4.84. The molecule has 1 aliphatic rings. The highest BCUT2D eigenvalue weighted by atomic mass is 16.5. The average Bonchev–Trinajstić information content (AvgIpc) is 2.72. The number of carbonyl (C=O) groups excluding carboxylic acids is 1. The molecule has 1 saturated heterocycles. The molecule has 0 radical (unpaired) electrons. The van der Waals surface area contributed by atoms with E-state index in [4.69, 9.17) is 4.74 Å². The smallest absolute Gasteiger partial charge is 0.226 e. The van der Waals surface area contributed by atoms with Gasteiger partial charge in [0.1, 0.15) is 12.4 Å². The molecular weight excluding hydrogens is 360 g/mol. The van der Waals surface area contributed by atoms with Gasteiger partial charge < -0.3 is 9.64 Å². The molecule has 1 fully saturated rings. The Kier molecular flexibility index (Phi) is 7.32. The fourth-order valence-corrected chi connectivity index (χ4v) is 4.39. The van der Waals surface area contributed by atoms with Crippen LogP contribution < -0.4 is 9.64 Å². The number of benzene rings is 2. The highest BCUT2D eigenvalue weighted by molar-refractivity contribution is 5.93. The maximum Gasteiger partial charge on any atom is 0.226 e. The Morgan fingerprint density at radius 3 is 2.41 bits per heavy atom. The van der Waals surface area contributed by atoms with Gasteiger partial charge in [0.25, 0.3) is 0 Å². The van der Waals surface area contributed by atoms with E-state index in [2.05, 4.69) is 43.9 Å². The van der Waals surface area contributed by atoms with Gasteiger partial charge in [0, 0.05) is 37.8 Å². The fourth-order valence-electron chi connectivity index (χ4n) is 4.39. The Hall–Kier alpha value is -2.33. The van der Waals surface area contributed by atoms with Crippen molar-refractivity contribution >= 4 is 11.6 Å². The van der Waals surface area contributed by atoms with Crippen molar-refractivity contribution in [2.24, 2.45) is 5.92 Å². The molecule has 4 nitrogen and oxygen atoms in total. The van der Waals surface area contributed by atoms with Crippen molar-refractivity contribution in [3.63, 3.8) is 0 Å². The number of carbonyl (C=O) groups is 1. The maximum absolute atomic E-state index is 12.7. The first-order valence-corrected chi connectivity index (χ1v) is 10.8. The summed E-state index contributed by atoms with van der Waals surface area (Å²) in [5.41, 5.74) is 3.39. The summed E-state index contributed by atoms with van der Waals surface area (Å²) in [5.74, 6) is 1.64. The van der Waals surface area contributed by atoms with Crippen LogP contribution in [-0.4, -0.2) is 43.1 Å². The van der Waals surface area contributed by atoms with Crippen LogP contribution in [0.2, 0.25) is 0 Å². The van der Waals surface area contributed by atoms with E-state index in [0.29, 0.717) is 18.9 Å². The molecule has 0 aromatic heterocycles. The van der Waals surface area contributed by atoms with E-state index in [-0.39, 0.29) is 11.9 Å². The molecule has 2 atom stereocenters. The Morgan fingerprint density at radius 1 is 1.10 bits per heavy atom. The van der Waals surface area contributed by atoms with Gasteiger partial charge in [0.2, 0.25) is 5.91 Å². The van der Waals surface area contributed by atoms with Gasteiger partial charge in [-0.2, -0.15) is 0 Å². The molecule has 0 N–H and O–H groups in total. The molecule has 0 spiro atoms. The lowest BCUT2D eigenvalue weighted by Crippen LogP contribution is -2.52. The summed E-state index contributed by atoms with van der Waals surface area (Å²) < 4.78 is 6.10. The topological polar surface area (TPSA) is 32.8 Å². The van der Waals surface area contributed by atoms with E-state index in [0.717, 1.165) is 37.5 Å². The van der Waals surface area contributed by atoms with Crippen LogP contribution in [0.15, 0.2) is 48.5 Å². The minimum atomic E-state index is 0.208. The summed E-state index contributed by atoms with van der Waals surface area (Å²) in [6.07, 6.45) is 1.52. The van der Waals surface area contributed by atoms with Crippen LogP contribution in [0.25, 0.3) is 0 Å². The normalized spacial score (nSPS) is 19.7. The molecule has 2 unspecified atom stereocenters. The summed E-state index contributed by atoms with van der Waals surface area (Å²) in [6.45, 7) is 12.0. The van der Waals surface area contributed by atoms with E-state index >= 15 is 0 Å². The van der Waals surface area contributed by atoms with Gasteiger partial charge >= 0.3 is 0 Å².